The molecule has 0 saturated carbocycles. The molecule has 1 aromatic carbocycles. The first-order chi connectivity index (χ1) is 8.06. The molecule has 0 radical (unpaired) electrons. The quantitative estimate of drug-likeness (QED) is 0.844. The summed E-state index contributed by atoms with van der Waals surface area (Å²) in [6, 6.07) is 9.77. The average Bonchev–Trinajstić information content (AvgIpc) is 2.69. The number of hydrogen-bond acceptors (Lipinski definition) is 2. The van der Waals surface area contributed by atoms with E-state index in [1.54, 1.807) is 0 Å². The van der Waals surface area contributed by atoms with Gasteiger partial charge in [-0.05, 0) is 44.2 Å². The summed E-state index contributed by atoms with van der Waals surface area (Å²) in [4.78, 5) is 0. The maximum Gasteiger partial charge on any atom is 0.126 e. The standard InChI is InChI=1S/C13H13BrClNO/c1-8-3-6-13(17-8)9(2)16-12-5-4-10(14)7-11(12)15/h3-7,9,16H,1-2H3. The second-order valence-electron chi connectivity index (χ2n) is 3.94. The van der Waals surface area contributed by atoms with E-state index >= 15 is 0 Å². The Balaban J connectivity index is 2.15. The zero-order valence-electron chi connectivity index (χ0n) is 9.63. The predicted octanol–water partition coefficient (Wildman–Crippen LogP) is 5.18. The molecular weight excluding hydrogens is 302 g/mol. The number of benzene rings is 1. The maximum absolute atomic E-state index is 6.14. The minimum atomic E-state index is 0.0855. The molecule has 0 aliphatic rings. The van der Waals surface area contributed by atoms with Crippen LogP contribution in [0.4, 0.5) is 5.69 Å². The Hall–Kier alpha value is -0.930. The summed E-state index contributed by atoms with van der Waals surface area (Å²) in [6.45, 7) is 3.97. The molecule has 0 aliphatic heterocycles. The molecule has 2 nitrogen and oxygen atoms in total. The van der Waals surface area contributed by atoms with Crippen molar-refractivity contribution >= 4 is 33.2 Å². The monoisotopic (exact) mass is 313 g/mol. The van der Waals surface area contributed by atoms with Crippen molar-refractivity contribution in [2.24, 2.45) is 0 Å². The van der Waals surface area contributed by atoms with Crippen LogP contribution in [-0.4, -0.2) is 0 Å². The summed E-state index contributed by atoms with van der Waals surface area (Å²) in [5.74, 6) is 1.82. The summed E-state index contributed by atoms with van der Waals surface area (Å²) in [5.41, 5.74) is 0.899. The van der Waals surface area contributed by atoms with E-state index in [0.717, 1.165) is 21.7 Å². The Kier molecular flexibility index (Phi) is 3.79. The molecule has 0 amide bonds. The molecule has 0 spiro atoms. The smallest absolute Gasteiger partial charge is 0.126 e. The van der Waals surface area contributed by atoms with Crippen LogP contribution in [0.25, 0.3) is 0 Å². The zero-order chi connectivity index (χ0) is 12.4. The van der Waals surface area contributed by atoms with Crippen LogP contribution in [-0.2, 0) is 0 Å². The van der Waals surface area contributed by atoms with Gasteiger partial charge >= 0.3 is 0 Å². The van der Waals surface area contributed by atoms with Gasteiger partial charge < -0.3 is 9.73 Å². The largest absolute Gasteiger partial charge is 0.464 e. The Morgan fingerprint density at radius 3 is 2.65 bits per heavy atom. The lowest BCUT2D eigenvalue weighted by atomic mass is 10.2. The van der Waals surface area contributed by atoms with E-state index in [9.17, 15) is 0 Å². The van der Waals surface area contributed by atoms with Crippen LogP contribution in [0.5, 0.6) is 0 Å². The number of nitrogens with one attached hydrogen (secondary N) is 1. The summed E-state index contributed by atoms with van der Waals surface area (Å²) in [7, 11) is 0. The van der Waals surface area contributed by atoms with Gasteiger partial charge in [0.2, 0.25) is 0 Å². The summed E-state index contributed by atoms with van der Waals surface area (Å²) < 4.78 is 6.53. The number of rotatable bonds is 3. The highest BCUT2D eigenvalue weighted by Crippen LogP contribution is 2.29. The topological polar surface area (TPSA) is 25.2 Å². The van der Waals surface area contributed by atoms with E-state index in [1.165, 1.54) is 0 Å². The first kappa shape index (κ1) is 12.5. The zero-order valence-corrected chi connectivity index (χ0v) is 12.0. The first-order valence-electron chi connectivity index (χ1n) is 5.34. The lowest BCUT2D eigenvalue weighted by Crippen LogP contribution is -2.05. The molecule has 0 fully saturated rings. The third kappa shape index (κ3) is 3.05. The molecule has 1 N–H and O–H groups in total. The molecule has 2 rings (SSSR count). The third-order valence-corrected chi connectivity index (χ3v) is 3.30. The van der Waals surface area contributed by atoms with Gasteiger partial charge in [0.15, 0.2) is 0 Å². The van der Waals surface area contributed by atoms with Gasteiger partial charge in [0.1, 0.15) is 11.5 Å². The van der Waals surface area contributed by atoms with Gasteiger partial charge in [-0.15, -0.1) is 0 Å². The van der Waals surface area contributed by atoms with Crippen molar-refractivity contribution in [2.45, 2.75) is 19.9 Å². The SMILES string of the molecule is Cc1ccc(C(C)Nc2ccc(Br)cc2Cl)o1. The van der Waals surface area contributed by atoms with Crippen LogP contribution >= 0.6 is 27.5 Å². The van der Waals surface area contributed by atoms with Gasteiger partial charge in [0, 0.05) is 4.47 Å². The number of furan rings is 1. The molecule has 17 heavy (non-hydrogen) atoms. The first-order valence-corrected chi connectivity index (χ1v) is 6.51. The van der Waals surface area contributed by atoms with E-state index in [2.05, 4.69) is 21.2 Å². The van der Waals surface area contributed by atoms with E-state index in [4.69, 9.17) is 16.0 Å². The van der Waals surface area contributed by atoms with Crippen molar-refractivity contribution in [1.29, 1.82) is 0 Å². The Bertz CT molecular complexity index is 524. The van der Waals surface area contributed by atoms with E-state index in [1.807, 2.05) is 44.2 Å². The lowest BCUT2D eigenvalue weighted by molar-refractivity contribution is 0.467. The number of anilines is 1. The van der Waals surface area contributed by atoms with Crippen molar-refractivity contribution in [3.8, 4) is 0 Å². The summed E-state index contributed by atoms with van der Waals surface area (Å²) in [6.07, 6.45) is 0. The van der Waals surface area contributed by atoms with Gasteiger partial charge in [-0.3, -0.25) is 0 Å². The molecule has 90 valence electrons. The van der Waals surface area contributed by atoms with Gasteiger partial charge in [0.25, 0.3) is 0 Å². The Morgan fingerprint density at radius 1 is 1.29 bits per heavy atom. The van der Waals surface area contributed by atoms with Gasteiger partial charge in [-0.25, -0.2) is 0 Å². The van der Waals surface area contributed by atoms with Crippen molar-refractivity contribution in [3.05, 3.63) is 51.3 Å². The van der Waals surface area contributed by atoms with Gasteiger partial charge in [0.05, 0.1) is 16.8 Å². The van der Waals surface area contributed by atoms with Crippen LogP contribution in [0.15, 0.2) is 39.2 Å². The predicted molar refractivity (Wildman–Crippen MR) is 74.6 cm³/mol. The summed E-state index contributed by atoms with van der Waals surface area (Å²) >= 11 is 9.52. The minimum absolute atomic E-state index is 0.0855. The average molecular weight is 315 g/mol. The van der Waals surface area contributed by atoms with Crippen LogP contribution in [0.1, 0.15) is 24.5 Å². The second kappa shape index (κ2) is 5.15. The fourth-order valence-electron chi connectivity index (χ4n) is 1.60. The lowest BCUT2D eigenvalue weighted by Gasteiger charge is -2.14. The second-order valence-corrected chi connectivity index (χ2v) is 5.26. The molecule has 0 saturated heterocycles. The van der Waals surface area contributed by atoms with Crippen molar-refractivity contribution in [3.63, 3.8) is 0 Å². The number of aryl methyl sites for hydroxylation is 1. The van der Waals surface area contributed by atoms with Crippen LogP contribution in [0.2, 0.25) is 5.02 Å². The molecule has 1 unspecified atom stereocenters. The molecule has 1 atom stereocenters. The molecule has 2 aromatic rings. The molecular formula is C13H13BrClNO. The third-order valence-electron chi connectivity index (χ3n) is 2.49. The highest BCUT2D eigenvalue weighted by Gasteiger charge is 2.10. The van der Waals surface area contributed by atoms with E-state index in [-0.39, 0.29) is 6.04 Å². The van der Waals surface area contributed by atoms with Crippen LogP contribution in [0, 0.1) is 6.92 Å². The normalized spacial score (nSPS) is 12.5. The Labute approximate surface area is 114 Å². The number of hydrogen-bond donors (Lipinski definition) is 1. The highest BCUT2D eigenvalue weighted by molar-refractivity contribution is 9.10. The highest BCUT2D eigenvalue weighted by atomic mass is 79.9. The van der Waals surface area contributed by atoms with Gasteiger partial charge in [-0.1, -0.05) is 27.5 Å². The molecule has 0 bridgehead atoms. The van der Waals surface area contributed by atoms with E-state index < -0.39 is 0 Å². The molecule has 4 heteroatoms. The van der Waals surface area contributed by atoms with Crippen LogP contribution < -0.4 is 5.32 Å². The van der Waals surface area contributed by atoms with E-state index in [0.29, 0.717) is 5.02 Å². The van der Waals surface area contributed by atoms with Crippen LogP contribution in [0.3, 0.4) is 0 Å². The minimum Gasteiger partial charge on any atom is -0.464 e. The Morgan fingerprint density at radius 2 is 2.06 bits per heavy atom. The van der Waals surface area contributed by atoms with Crippen molar-refractivity contribution in [2.75, 3.05) is 5.32 Å². The number of halogens is 2. The summed E-state index contributed by atoms with van der Waals surface area (Å²) in [5, 5.41) is 4.01. The molecule has 1 heterocycles. The fourth-order valence-corrected chi connectivity index (χ4v) is 2.33. The van der Waals surface area contributed by atoms with Gasteiger partial charge in [-0.2, -0.15) is 0 Å². The van der Waals surface area contributed by atoms with Crippen molar-refractivity contribution in [1.82, 2.24) is 0 Å². The molecule has 1 aromatic heterocycles. The fraction of sp³-hybridized carbons (Fsp3) is 0.231. The molecule has 0 aliphatic carbocycles. The maximum atomic E-state index is 6.14. The van der Waals surface area contributed by atoms with Crippen molar-refractivity contribution < 1.29 is 4.42 Å².